The zero-order valence-corrected chi connectivity index (χ0v) is 10.5. The number of thioether (sulfide) groups is 1. The summed E-state index contributed by atoms with van der Waals surface area (Å²) in [6.45, 7) is 1.92. The number of hydrogen-bond acceptors (Lipinski definition) is 3. The van der Waals surface area contributed by atoms with Crippen molar-refractivity contribution in [2.75, 3.05) is 23.9 Å². The Morgan fingerprint density at radius 2 is 2.19 bits per heavy atom. The van der Waals surface area contributed by atoms with Gasteiger partial charge in [0.25, 0.3) is 0 Å². The maximum absolute atomic E-state index is 13.1. The molecule has 0 aliphatic carbocycles. The molecule has 90 valence electrons. The van der Waals surface area contributed by atoms with Gasteiger partial charge >= 0.3 is 0 Å². The maximum Gasteiger partial charge on any atom is 0.125 e. The van der Waals surface area contributed by atoms with Crippen molar-refractivity contribution in [2.45, 2.75) is 19.4 Å². The van der Waals surface area contributed by atoms with Crippen LogP contribution in [-0.2, 0) is 0 Å². The van der Waals surface area contributed by atoms with Gasteiger partial charge in [-0.1, -0.05) is 0 Å². The lowest BCUT2D eigenvalue weighted by molar-refractivity contribution is 0.272. The SMILES string of the molecule is CSCCC(CO)Nc1cc(C)cc(F)c1. The average Bonchev–Trinajstić information content (AvgIpc) is 2.22. The van der Waals surface area contributed by atoms with Gasteiger partial charge in [-0.05, 0) is 49.1 Å². The Bertz CT molecular complexity index is 313. The highest BCUT2D eigenvalue weighted by atomic mass is 32.2. The fourth-order valence-electron chi connectivity index (χ4n) is 1.52. The Morgan fingerprint density at radius 1 is 1.44 bits per heavy atom. The molecule has 1 atom stereocenters. The molecule has 0 aliphatic heterocycles. The number of aliphatic hydroxyl groups is 1. The van der Waals surface area contributed by atoms with Gasteiger partial charge in [-0.25, -0.2) is 4.39 Å². The summed E-state index contributed by atoms with van der Waals surface area (Å²) < 4.78 is 13.1. The Labute approximate surface area is 100 Å². The number of benzene rings is 1. The molecule has 4 heteroatoms. The molecule has 1 unspecified atom stereocenters. The number of anilines is 1. The van der Waals surface area contributed by atoms with E-state index in [4.69, 9.17) is 0 Å². The highest BCUT2D eigenvalue weighted by Crippen LogP contribution is 2.15. The summed E-state index contributed by atoms with van der Waals surface area (Å²) in [4.78, 5) is 0. The zero-order chi connectivity index (χ0) is 12.0. The quantitative estimate of drug-likeness (QED) is 0.805. The van der Waals surface area contributed by atoms with Crippen molar-refractivity contribution in [2.24, 2.45) is 0 Å². The number of aryl methyl sites for hydroxylation is 1. The van der Waals surface area contributed by atoms with Crippen molar-refractivity contribution < 1.29 is 9.50 Å². The van der Waals surface area contributed by atoms with Crippen LogP contribution in [0.3, 0.4) is 0 Å². The Balaban J connectivity index is 2.62. The van der Waals surface area contributed by atoms with Crippen LogP contribution >= 0.6 is 11.8 Å². The third-order valence-corrected chi connectivity index (χ3v) is 2.95. The Hall–Kier alpha value is -0.740. The van der Waals surface area contributed by atoms with E-state index in [0.717, 1.165) is 23.4 Å². The van der Waals surface area contributed by atoms with Crippen LogP contribution in [0.4, 0.5) is 10.1 Å². The molecule has 0 aromatic heterocycles. The lowest BCUT2D eigenvalue weighted by Gasteiger charge is -2.17. The van der Waals surface area contributed by atoms with E-state index in [0.29, 0.717) is 0 Å². The second-order valence-electron chi connectivity index (χ2n) is 3.82. The lowest BCUT2D eigenvalue weighted by Crippen LogP contribution is -2.24. The third-order valence-electron chi connectivity index (χ3n) is 2.30. The smallest absolute Gasteiger partial charge is 0.125 e. The predicted octanol–water partition coefficient (Wildman–Crippen LogP) is 2.66. The molecule has 0 saturated carbocycles. The number of hydrogen-bond donors (Lipinski definition) is 2. The second kappa shape index (κ2) is 6.76. The molecule has 0 heterocycles. The largest absolute Gasteiger partial charge is 0.394 e. The first-order valence-electron chi connectivity index (χ1n) is 5.29. The average molecular weight is 243 g/mol. The first-order chi connectivity index (χ1) is 7.65. The van der Waals surface area contributed by atoms with Crippen LogP contribution in [0.25, 0.3) is 0 Å². The molecule has 1 aromatic carbocycles. The van der Waals surface area contributed by atoms with Gasteiger partial charge in [-0.3, -0.25) is 0 Å². The molecule has 0 bridgehead atoms. The molecular weight excluding hydrogens is 225 g/mol. The first kappa shape index (κ1) is 13.3. The molecular formula is C12H18FNOS. The van der Waals surface area contributed by atoms with Crippen LogP contribution in [0.1, 0.15) is 12.0 Å². The minimum atomic E-state index is -0.246. The van der Waals surface area contributed by atoms with E-state index in [1.54, 1.807) is 11.8 Å². The Kier molecular flexibility index (Phi) is 5.63. The van der Waals surface area contributed by atoms with Crippen LogP contribution in [0.5, 0.6) is 0 Å². The van der Waals surface area contributed by atoms with Crippen molar-refractivity contribution in [1.82, 2.24) is 0 Å². The van der Waals surface area contributed by atoms with Gasteiger partial charge in [-0.15, -0.1) is 0 Å². The first-order valence-corrected chi connectivity index (χ1v) is 6.68. The topological polar surface area (TPSA) is 32.3 Å². The molecule has 16 heavy (non-hydrogen) atoms. The van der Waals surface area contributed by atoms with Gasteiger partial charge in [0, 0.05) is 11.7 Å². The summed E-state index contributed by atoms with van der Waals surface area (Å²) in [7, 11) is 0. The maximum atomic E-state index is 13.1. The zero-order valence-electron chi connectivity index (χ0n) is 9.66. The third kappa shape index (κ3) is 4.41. The molecule has 2 N–H and O–H groups in total. The molecule has 2 nitrogen and oxygen atoms in total. The molecule has 0 radical (unpaired) electrons. The van der Waals surface area contributed by atoms with Gasteiger partial charge in [0.15, 0.2) is 0 Å². The summed E-state index contributed by atoms with van der Waals surface area (Å²) in [5.41, 5.74) is 1.61. The summed E-state index contributed by atoms with van der Waals surface area (Å²) in [5.74, 6) is 0.732. The van der Waals surface area contributed by atoms with E-state index in [1.807, 2.05) is 19.2 Å². The lowest BCUT2D eigenvalue weighted by atomic mass is 10.2. The second-order valence-corrected chi connectivity index (χ2v) is 4.81. The van der Waals surface area contributed by atoms with Crippen LogP contribution < -0.4 is 5.32 Å². The molecule has 1 aromatic rings. The molecule has 0 saturated heterocycles. The summed E-state index contributed by atoms with van der Waals surface area (Å²) in [5, 5.41) is 12.3. The van der Waals surface area contributed by atoms with E-state index >= 15 is 0 Å². The number of aliphatic hydroxyl groups excluding tert-OH is 1. The van der Waals surface area contributed by atoms with E-state index in [1.165, 1.54) is 12.1 Å². The standard InChI is InChI=1S/C12H18FNOS/c1-9-5-10(13)7-12(6-9)14-11(8-15)3-4-16-2/h5-7,11,14-15H,3-4,8H2,1-2H3. The molecule has 0 amide bonds. The monoisotopic (exact) mass is 243 g/mol. The van der Waals surface area contributed by atoms with Gasteiger partial charge < -0.3 is 10.4 Å². The van der Waals surface area contributed by atoms with Crippen LogP contribution in [0.2, 0.25) is 0 Å². The van der Waals surface area contributed by atoms with E-state index in [2.05, 4.69) is 5.32 Å². The predicted molar refractivity (Wildman–Crippen MR) is 68.6 cm³/mol. The Morgan fingerprint density at radius 3 is 2.75 bits per heavy atom. The minimum absolute atomic E-state index is 0.00588. The van der Waals surface area contributed by atoms with Crippen molar-refractivity contribution >= 4 is 17.4 Å². The van der Waals surface area contributed by atoms with Crippen LogP contribution in [0.15, 0.2) is 18.2 Å². The number of halogens is 1. The van der Waals surface area contributed by atoms with E-state index in [9.17, 15) is 9.50 Å². The van der Waals surface area contributed by atoms with E-state index < -0.39 is 0 Å². The summed E-state index contributed by atoms with van der Waals surface area (Å²) >= 11 is 1.74. The fraction of sp³-hybridized carbons (Fsp3) is 0.500. The molecule has 0 fully saturated rings. The van der Waals surface area contributed by atoms with Crippen molar-refractivity contribution in [3.63, 3.8) is 0 Å². The summed E-state index contributed by atoms with van der Waals surface area (Å²) in [6.07, 6.45) is 2.90. The van der Waals surface area contributed by atoms with Crippen molar-refractivity contribution in [1.29, 1.82) is 0 Å². The van der Waals surface area contributed by atoms with E-state index in [-0.39, 0.29) is 18.5 Å². The molecule has 0 spiro atoms. The van der Waals surface area contributed by atoms with Gasteiger partial charge in [0.1, 0.15) is 5.82 Å². The highest BCUT2D eigenvalue weighted by molar-refractivity contribution is 7.98. The van der Waals surface area contributed by atoms with Crippen molar-refractivity contribution in [3.8, 4) is 0 Å². The minimum Gasteiger partial charge on any atom is -0.394 e. The highest BCUT2D eigenvalue weighted by Gasteiger charge is 2.07. The molecule has 1 rings (SSSR count). The number of rotatable bonds is 6. The van der Waals surface area contributed by atoms with Crippen LogP contribution in [0, 0.1) is 12.7 Å². The van der Waals surface area contributed by atoms with Crippen molar-refractivity contribution in [3.05, 3.63) is 29.6 Å². The number of nitrogens with one attached hydrogen (secondary N) is 1. The van der Waals surface area contributed by atoms with Gasteiger partial charge in [0.05, 0.1) is 6.61 Å². The molecule has 0 aliphatic rings. The van der Waals surface area contributed by atoms with Gasteiger partial charge in [-0.2, -0.15) is 11.8 Å². The van der Waals surface area contributed by atoms with Crippen LogP contribution in [-0.4, -0.2) is 29.8 Å². The fourth-order valence-corrected chi connectivity index (χ4v) is 2.04. The normalized spacial score (nSPS) is 12.5. The summed E-state index contributed by atoms with van der Waals surface area (Å²) in [6, 6.07) is 4.81. The van der Waals surface area contributed by atoms with Gasteiger partial charge in [0.2, 0.25) is 0 Å².